The van der Waals surface area contributed by atoms with Gasteiger partial charge in [-0.15, -0.1) is 0 Å². The van der Waals surface area contributed by atoms with Crippen molar-refractivity contribution in [2.45, 2.75) is 71.4 Å². The van der Waals surface area contributed by atoms with Gasteiger partial charge in [0, 0.05) is 29.1 Å². The molecule has 1 aromatic carbocycles. The molecule has 2 rings (SSSR count). The number of rotatable bonds is 11. The monoisotopic (exact) mass is 446 g/mol. The number of amidine groups is 1. The number of halogens is 2. The van der Waals surface area contributed by atoms with Gasteiger partial charge < -0.3 is 10.1 Å². The number of alkyl carbamates (subject to hydrolysis) is 1. The molecule has 0 spiro atoms. The summed E-state index contributed by atoms with van der Waals surface area (Å²) in [6.07, 6.45) is 0.564. The Morgan fingerprint density at radius 3 is 2.66 bits per heavy atom. The van der Waals surface area contributed by atoms with Crippen LogP contribution in [-0.2, 0) is 4.74 Å². The van der Waals surface area contributed by atoms with E-state index >= 15 is 0 Å². The summed E-state index contributed by atoms with van der Waals surface area (Å²) < 4.78 is 32.3. The number of nitrogens with one attached hydrogen (secondary N) is 3. The van der Waals surface area contributed by atoms with Gasteiger partial charge >= 0.3 is 6.09 Å². The molecule has 0 aliphatic carbocycles. The van der Waals surface area contributed by atoms with Crippen LogP contribution in [-0.4, -0.2) is 36.2 Å². The van der Waals surface area contributed by atoms with E-state index in [4.69, 9.17) is 10.1 Å². The van der Waals surface area contributed by atoms with E-state index in [-0.39, 0.29) is 28.7 Å². The van der Waals surface area contributed by atoms with Crippen LogP contribution in [0.5, 0.6) is 0 Å². The van der Waals surface area contributed by atoms with E-state index in [9.17, 15) is 13.6 Å². The third kappa shape index (κ3) is 6.24. The summed E-state index contributed by atoms with van der Waals surface area (Å²) >= 11 is 0. The molecule has 1 aromatic rings. The van der Waals surface area contributed by atoms with Crippen molar-refractivity contribution in [2.75, 3.05) is 5.32 Å². The molecule has 1 saturated heterocycles. The molecule has 0 radical (unpaired) electrons. The van der Waals surface area contributed by atoms with Gasteiger partial charge in [0.25, 0.3) is 6.43 Å². The van der Waals surface area contributed by atoms with Crippen LogP contribution < -0.4 is 10.6 Å². The normalized spacial score (nSPS) is 19.9. The number of carbonyl (C=O) groups is 1. The number of aliphatic imine (C=N–C) groups is 1. The average Bonchev–Trinajstić information content (AvgIpc) is 2.77. The van der Waals surface area contributed by atoms with Gasteiger partial charge in [0.15, 0.2) is 6.10 Å². The number of hydrogen-bond acceptors (Lipinski definition) is 5. The second kappa shape index (κ2) is 12.1. The molecule has 1 amide bonds. The first kappa shape index (κ1) is 25.2. The van der Waals surface area contributed by atoms with Gasteiger partial charge in [-0.05, 0) is 31.4 Å². The molecule has 1 heterocycles. The van der Waals surface area contributed by atoms with Crippen LogP contribution in [0.2, 0.25) is 0 Å². The Kier molecular flexibility index (Phi) is 9.56. The number of carbonyl (C=O) groups excluding carboxylic acids is 1. The van der Waals surface area contributed by atoms with Crippen LogP contribution in [0.4, 0.5) is 19.3 Å². The van der Waals surface area contributed by atoms with Crippen LogP contribution in [0.25, 0.3) is 0 Å². The molecule has 1 fully saturated rings. The van der Waals surface area contributed by atoms with E-state index in [1.807, 2.05) is 12.1 Å². The van der Waals surface area contributed by atoms with Crippen LogP contribution in [0.1, 0.15) is 58.4 Å². The van der Waals surface area contributed by atoms with Crippen molar-refractivity contribution in [2.24, 2.45) is 4.99 Å². The molecule has 1 aliphatic rings. The number of alkyl halides is 2. The molecule has 0 bridgehead atoms. The molecule has 0 saturated carbocycles. The quantitative estimate of drug-likeness (QED) is 0.361. The van der Waals surface area contributed by atoms with Gasteiger partial charge in [0.05, 0.1) is 5.71 Å². The highest BCUT2D eigenvalue weighted by molar-refractivity contribution is 6.20. The van der Waals surface area contributed by atoms with Gasteiger partial charge in [0.2, 0.25) is 0 Å². The fraction of sp³-hybridized carbons (Fsp3) is 0.458. The minimum absolute atomic E-state index is 0.0320. The fourth-order valence-corrected chi connectivity index (χ4v) is 3.74. The minimum atomic E-state index is -2.97. The van der Waals surface area contributed by atoms with Gasteiger partial charge in [0.1, 0.15) is 5.84 Å². The summed E-state index contributed by atoms with van der Waals surface area (Å²) in [4.78, 5) is 15.7. The van der Waals surface area contributed by atoms with Gasteiger partial charge in [-0.3, -0.25) is 10.7 Å². The summed E-state index contributed by atoms with van der Waals surface area (Å²) in [5, 5.41) is 14.7. The first-order valence-corrected chi connectivity index (χ1v) is 10.9. The number of benzene rings is 1. The maximum absolute atomic E-state index is 13.7. The van der Waals surface area contributed by atoms with E-state index in [2.05, 4.69) is 36.1 Å². The van der Waals surface area contributed by atoms with E-state index in [0.29, 0.717) is 5.56 Å². The number of unbranched alkanes of at least 4 members (excludes halogenated alkanes) is 1. The molecule has 8 heteroatoms. The Labute approximate surface area is 188 Å². The Balaban J connectivity index is 2.48. The van der Waals surface area contributed by atoms with E-state index in [0.717, 1.165) is 44.0 Å². The number of allylic oxidation sites excluding steroid dienone is 1. The summed E-state index contributed by atoms with van der Waals surface area (Å²) in [5.74, 6) is -0.0824. The predicted octanol–water partition coefficient (Wildman–Crippen LogP) is 6.06. The first-order valence-electron chi connectivity index (χ1n) is 10.9. The molecule has 2 atom stereocenters. The lowest BCUT2D eigenvalue weighted by Gasteiger charge is -2.29. The molecular weight excluding hydrogens is 414 g/mol. The minimum Gasteiger partial charge on any atom is -0.435 e. The van der Waals surface area contributed by atoms with Crippen molar-refractivity contribution in [3.63, 3.8) is 0 Å². The maximum Gasteiger partial charge on any atom is 0.413 e. The first-order chi connectivity index (χ1) is 15.3. The number of nitrogens with zero attached hydrogens (tertiary/aromatic N) is 1. The van der Waals surface area contributed by atoms with Crippen molar-refractivity contribution in [3.05, 3.63) is 53.8 Å². The number of cyclic esters (lactones) is 1. The largest absolute Gasteiger partial charge is 0.435 e. The second-order valence-corrected chi connectivity index (χ2v) is 7.68. The lowest BCUT2D eigenvalue weighted by Crippen LogP contribution is -2.48. The number of anilines is 1. The third-order valence-electron chi connectivity index (χ3n) is 5.32. The zero-order valence-electron chi connectivity index (χ0n) is 18.9. The average molecular weight is 447 g/mol. The number of ether oxygens (including phenoxy) is 1. The lowest BCUT2D eigenvalue weighted by molar-refractivity contribution is 0.00194. The van der Waals surface area contributed by atoms with E-state index in [1.54, 1.807) is 19.1 Å². The Morgan fingerprint density at radius 2 is 2.03 bits per heavy atom. The molecule has 1 aliphatic heterocycles. The Morgan fingerprint density at radius 1 is 1.31 bits per heavy atom. The van der Waals surface area contributed by atoms with Crippen LogP contribution in [0.3, 0.4) is 0 Å². The second-order valence-electron chi connectivity index (χ2n) is 7.68. The number of para-hydroxylation sites is 1. The zero-order valence-corrected chi connectivity index (χ0v) is 18.9. The molecule has 6 nitrogen and oxygen atoms in total. The van der Waals surface area contributed by atoms with Crippen molar-refractivity contribution >= 4 is 23.3 Å². The molecule has 2 unspecified atom stereocenters. The molecular formula is C24H32F2N4O2. The molecule has 3 N–H and O–H groups in total. The lowest BCUT2D eigenvalue weighted by atomic mass is 9.93. The fourth-order valence-electron chi connectivity index (χ4n) is 3.74. The SMILES string of the molecule is C=CN=C1NC(=O)OC(C(F)F)/C1=C(/C)C(=N)c1ccccc1NC(CCC)CCCC. The van der Waals surface area contributed by atoms with Gasteiger partial charge in [-0.2, -0.15) is 0 Å². The summed E-state index contributed by atoms with van der Waals surface area (Å²) in [6.45, 7) is 9.32. The predicted molar refractivity (Wildman–Crippen MR) is 125 cm³/mol. The third-order valence-corrected chi connectivity index (χ3v) is 5.32. The number of hydrogen-bond donors (Lipinski definition) is 3. The standard InChI is InChI=1S/C24H32F2N4O2/c1-5-8-12-16(11-6-2)29-18-14-10-9-13-17(18)20(27)15(4)19-21(22(25)26)32-24(31)30-23(19)28-7-3/h7,9-10,13-14,16,21-22,27,29H,3,5-6,8,11-12H2,1-2,4H3,(H,28,30,31)/b19-15+,27-20?. The van der Waals surface area contributed by atoms with Crippen molar-refractivity contribution in [3.8, 4) is 0 Å². The molecule has 32 heavy (non-hydrogen) atoms. The molecule has 174 valence electrons. The highest BCUT2D eigenvalue weighted by atomic mass is 19.3. The van der Waals surface area contributed by atoms with Gasteiger partial charge in [-0.25, -0.2) is 18.6 Å². The van der Waals surface area contributed by atoms with Crippen molar-refractivity contribution < 1.29 is 18.3 Å². The Bertz CT molecular complexity index is 896. The summed E-state index contributed by atoms with van der Waals surface area (Å²) in [6, 6.07) is 7.60. The summed E-state index contributed by atoms with van der Waals surface area (Å²) in [5.41, 5.74) is 1.61. The van der Waals surface area contributed by atoms with Crippen LogP contribution in [0.15, 0.2) is 53.2 Å². The highest BCUT2D eigenvalue weighted by Crippen LogP contribution is 2.28. The zero-order chi connectivity index (χ0) is 23.7. The topological polar surface area (TPSA) is 86.6 Å². The van der Waals surface area contributed by atoms with Crippen molar-refractivity contribution in [1.82, 2.24) is 5.32 Å². The van der Waals surface area contributed by atoms with E-state index < -0.39 is 18.6 Å². The highest BCUT2D eigenvalue weighted by Gasteiger charge is 2.38. The van der Waals surface area contributed by atoms with E-state index in [1.165, 1.54) is 0 Å². The van der Waals surface area contributed by atoms with Crippen LogP contribution in [0, 0.1) is 5.41 Å². The molecule has 0 aromatic heterocycles. The maximum atomic E-state index is 13.7. The smallest absolute Gasteiger partial charge is 0.413 e. The number of amides is 1. The van der Waals surface area contributed by atoms with Crippen molar-refractivity contribution in [1.29, 1.82) is 5.41 Å². The summed E-state index contributed by atoms with van der Waals surface area (Å²) in [7, 11) is 0. The Hall–Kier alpha value is -3.03. The van der Waals surface area contributed by atoms with Gasteiger partial charge in [-0.1, -0.05) is 57.9 Å². The van der Waals surface area contributed by atoms with Crippen LogP contribution >= 0.6 is 0 Å².